The van der Waals surface area contributed by atoms with Crippen LogP contribution in [0.1, 0.15) is 95.1 Å². The zero-order valence-electron chi connectivity index (χ0n) is 21.6. The molecule has 0 amide bonds. The summed E-state index contributed by atoms with van der Waals surface area (Å²) < 4.78 is 0. The van der Waals surface area contributed by atoms with Gasteiger partial charge in [-0.05, 0) is 45.1 Å². The van der Waals surface area contributed by atoms with E-state index in [2.05, 4.69) is 89.2 Å². The van der Waals surface area contributed by atoms with Crippen molar-refractivity contribution in [3.63, 3.8) is 0 Å². The van der Waals surface area contributed by atoms with Gasteiger partial charge in [-0.2, -0.15) is 0 Å². The van der Waals surface area contributed by atoms with Crippen molar-refractivity contribution in [2.45, 2.75) is 95.6 Å². The number of aliphatic hydroxyl groups is 1. The van der Waals surface area contributed by atoms with E-state index in [0.717, 1.165) is 17.6 Å². The highest BCUT2D eigenvalue weighted by atomic mass is 16.3. The molecule has 0 saturated heterocycles. The standard InChI is InChI=1S/C28H46O2/c1-23(2,3)27(24(4,5)6)17-20(19-15-13-14-16-21(19)29)22(30)28(18-27,25(7,8)9)26(10,11)12/h13-17,22,29-30H,18H2,1-12H3. The monoisotopic (exact) mass is 414 g/mol. The average molecular weight is 415 g/mol. The molecule has 1 atom stereocenters. The van der Waals surface area contributed by atoms with E-state index in [-0.39, 0.29) is 32.8 Å². The van der Waals surface area contributed by atoms with E-state index in [1.807, 2.05) is 18.2 Å². The van der Waals surface area contributed by atoms with Gasteiger partial charge >= 0.3 is 0 Å². The lowest BCUT2D eigenvalue weighted by Gasteiger charge is -2.67. The van der Waals surface area contributed by atoms with E-state index in [1.54, 1.807) is 6.07 Å². The summed E-state index contributed by atoms with van der Waals surface area (Å²) in [5.41, 5.74) is 0.650. The van der Waals surface area contributed by atoms with Crippen LogP contribution in [0.15, 0.2) is 30.3 Å². The predicted molar refractivity (Wildman–Crippen MR) is 129 cm³/mol. The van der Waals surface area contributed by atoms with Gasteiger partial charge in [-0.25, -0.2) is 0 Å². The van der Waals surface area contributed by atoms with Crippen molar-refractivity contribution in [3.8, 4) is 5.75 Å². The molecule has 30 heavy (non-hydrogen) atoms. The summed E-state index contributed by atoms with van der Waals surface area (Å²) in [6.07, 6.45) is 2.53. The summed E-state index contributed by atoms with van der Waals surface area (Å²) in [4.78, 5) is 0. The number of hydrogen-bond acceptors (Lipinski definition) is 2. The molecule has 170 valence electrons. The molecule has 1 aliphatic carbocycles. The number of para-hydroxylation sites is 1. The summed E-state index contributed by atoms with van der Waals surface area (Å²) in [6.45, 7) is 27.6. The lowest BCUT2D eigenvalue weighted by molar-refractivity contribution is -0.168. The summed E-state index contributed by atoms with van der Waals surface area (Å²) in [5.74, 6) is 0.234. The molecule has 1 aromatic rings. The van der Waals surface area contributed by atoms with Gasteiger partial charge in [-0.3, -0.25) is 0 Å². The number of allylic oxidation sites excluding steroid dienone is 1. The van der Waals surface area contributed by atoms with Crippen LogP contribution in [0.3, 0.4) is 0 Å². The Kier molecular flexibility index (Phi) is 5.93. The van der Waals surface area contributed by atoms with Crippen molar-refractivity contribution in [1.29, 1.82) is 0 Å². The normalized spacial score (nSPS) is 22.6. The minimum Gasteiger partial charge on any atom is -0.507 e. The molecule has 0 heterocycles. The van der Waals surface area contributed by atoms with Crippen molar-refractivity contribution >= 4 is 5.57 Å². The van der Waals surface area contributed by atoms with Crippen molar-refractivity contribution < 1.29 is 10.2 Å². The summed E-state index contributed by atoms with van der Waals surface area (Å²) in [7, 11) is 0. The molecule has 2 rings (SSSR count). The molecule has 0 bridgehead atoms. The van der Waals surface area contributed by atoms with E-state index in [4.69, 9.17) is 0 Å². The first-order valence-electron chi connectivity index (χ1n) is 11.4. The third kappa shape index (κ3) is 3.53. The number of hydrogen-bond donors (Lipinski definition) is 2. The molecule has 0 saturated carbocycles. The Morgan fingerprint density at radius 2 is 1.17 bits per heavy atom. The van der Waals surface area contributed by atoms with Crippen LogP contribution in [0.2, 0.25) is 0 Å². The van der Waals surface area contributed by atoms with Gasteiger partial charge in [-0.1, -0.05) is 107 Å². The first-order valence-corrected chi connectivity index (χ1v) is 11.4. The number of aliphatic hydroxyl groups excluding tert-OH is 1. The molecule has 0 spiro atoms. The topological polar surface area (TPSA) is 40.5 Å². The molecule has 1 aromatic carbocycles. The van der Waals surface area contributed by atoms with E-state index < -0.39 is 11.5 Å². The number of benzene rings is 1. The minimum absolute atomic E-state index is 0.0389. The van der Waals surface area contributed by atoms with Crippen LogP contribution < -0.4 is 0 Å². The highest BCUT2D eigenvalue weighted by Gasteiger charge is 2.65. The molecule has 0 aliphatic heterocycles. The lowest BCUT2D eigenvalue weighted by atomic mass is 9.38. The second-order valence-corrected chi connectivity index (χ2v) is 13.6. The van der Waals surface area contributed by atoms with E-state index in [9.17, 15) is 10.2 Å². The maximum absolute atomic E-state index is 12.1. The Morgan fingerprint density at radius 3 is 1.53 bits per heavy atom. The highest BCUT2D eigenvalue weighted by Crippen LogP contribution is 2.70. The first kappa shape index (κ1) is 25.0. The molecule has 2 N–H and O–H groups in total. The van der Waals surface area contributed by atoms with Crippen molar-refractivity contribution in [2.75, 3.05) is 0 Å². The first-order chi connectivity index (χ1) is 13.2. The van der Waals surface area contributed by atoms with Gasteiger partial charge in [0.1, 0.15) is 5.75 Å². The van der Waals surface area contributed by atoms with Gasteiger partial charge < -0.3 is 10.2 Å². The zero-order chi connectivity index (χ0) is 23.6. The van der Waals surface area contributed by atoms with Crippen LogP contribution in [0.4, 0.5) is 0 Å². The Bertz CT molecular complexity index is 773. The highest BCUT2D eigenvalue weighted by molar-refractivity contribution is 5.76. The van der Waals surface area contributed by atoms with Gasteiger partial charge in [-0.15, -0.1) is 0 Å². The summed E-state index contributed by atoms with van der Waals surface area (Å²) in [6, 6.07) is 7.46. The third-order valence-corrected chi connectivity index (χ3v) is 8.29. The van der Waals surface area contributed by atoms with Crippen molar-refractivity contribution in [3.05, 3.63) is 35.9 Å². The molecular formula is C28H46O2. The van der Waals surface area contributed by atoms with Crippen LogP contribution >= 0.6 is 0 Å². The van der Waals surface area contributed by atoms with E-state index in [0.29, 0.717) is 0 Å². The fourth-order valence-electron chi connectivity index (χ4n) is 6.70. The van der Waals surface area contributed by atoms with Gasteiger partial charge in [0.05, 0.1) is 6.10 Å². The smallest absolute Gasteiger partial charge is 0.123 e. The predicted octanol–water partition coefficient (Wildman–Crippen LogP) is 7.70. The van der Waals surface area contributed by atoms with Crippen LogP contribution in [-0.4, -0.2) is 16.3 Å². The largest absolute Gasteiger partial charge is 0.507 e. The molecule has 0 radical (unpaired) electrons. The molecule has 2 heteroatoms. The molecule has 2 nitrogen and oxygen atoms in total. The van der Waals surface area contributed by atoms with Crippen LogP contribution in [-0.2, 0) is 0 Å². The Hall–Kier alpha value is -1.28. The molecule has 0 aromatic heterocycles. The lowest BCUT2D eigenvalue weighted by Crippen LogP contribution is -2.63. The van der Waals surface area contributed by atoms with Crippen LogP contribution in [0.5, 0.6) is 5.75 Å². The molecule has 1 aliphatic rings. The fourth-order valence-corrected chi connectivity index (χ4v) is 6.70. The Morgan fingerprint density at radius 1 is 0.733 bits per heavy atom. The van der Waals surface area contributed by atoms with E-state index in [1.165, 1.54) is 0 Å². The van der Waals surface area contributed by atoms with Crippen molar-refractivity contribution in [1.82, 2.24) is 0 Å². The average Bonchev–Trinajstić information content (AvgIpc) is 2.51. The maximum atomic E-state index is 12.1. The van der Waals surface area contributed by atoms with Gasteiger partial charge in [0, 0.05) is 11.0 Å². The number of phenolic OH excluding ortho intramolecular Hbond substituents is 1. The van der Waals surface area contributed by atoms with Crippen LogP contribution in [0.25, 0.3) is 5.57 Å². The Labute approximate surface area is 185 Å². The number of aromatic hydroxyl groups is 1. The third-order valence-electron chi connectivity index (χ3n) is 8.29. The number of phenols is 1. The van der Waals surface area contributed by atoms with Gasteiger partial charge in [0.15, 0.2) is 0 Å². The molecule has 1 unspecified atom stereocenters. The molecular weight excluding hydrogens is 368 g/mol. The second-order valence-electron chi connectivity index (χ2n) is 13.6. The molecule has 0 fully saturated rings. The second kappa shape index (κ2) is 7.12. The fraction of sp³-hybridized carbons (Fsp3) is 0.714. The van der Waals surface area contributed by atoms with Gasteiger partial charge in [0.2, 0.25) is 0 Å². The minimum atomic E-state index is -0.677. The SMILES string of the molecule is CC(C)(C)C1(C(C)(C)C)C=C(c2ccccc2O)C(O)C(C(C)(C)C)(C(C)(C)C)C1. The zero-order valence-corrected chi connectivity index (χ0v) is 21.6. The Balaban J connectivity index is 3.08. The van der Waals surface area contributed by atoms with Crippen molar-refractivity contribution in [2.24, 2.45) is 32.5 Å². The maximum Gasteiger partial charge on any atom is 0.123 e. The quantitative estimate of drug-likeness (QED) is 0.494. The van der Waals surface area contributed by atoms with E-state index >= 15 is 0 Å². The summed E-state index contributed by atoms with van der Waals surface area (Å²) >= 11 is 0. The van der Waals surface area contributed by atoms with Gasteiger partial charge in [0.25, 0.3) is 0 Å². The van der Waals surface area contributed by atoms with Crippen LogP contribution in [0, 0.1) is 32.5 Å². The summed E-state index contributed by atoms with van der Waals surface area (Å²) in [5, 5.41) is 22.9. The number of rotatable bonds is 1.